The van der Waals surface area contributed by atoms with E-state index in [1.54, 1.807) is 24.3 Å². The van der Waals surface area contributed by atoms with E-state index in [-0.39, 0.29) is 23.0 Å². The minimum atomic E-state index is -0.439. The third-order valence-corrected chi connectivity index (χ3v) is 3.58. The zero-order chi connectivity index (χ0) is 19.2. The van der Waals surface area contributed by atoms with E-state index in [1.165, 1.54) is 6.20 Å². The molecule has 3 aromatic rings. The SMILES string of the molecule is NCCNNC(=O)c1ccc(NCc2cnc3nc(N)[nH]c(=O)c3n2)cc1. The summed E-state index contributed by atoms with van der Waals surface area (Å²) < 4.78 is 0. The second-order valence-electron chi connectivity index (χ2n) is 5.59. The predicted octanol–water partition coefficient (Wildman–Crippen LogP) is -0.899. The van der Waals surface area contributed by atoms with Gasteiger partial charge in [0.2, 0.25) is 5.95 Å². The zero-order valence-electron chi connectivity index (χ0n) is 14.3. The number of nitrogen functional groups attached to an aromatic ring is 1. The van der Waals surface area contributed by atoms with Gasteiger partial charge in [-0.2, -0.15) is 4.98 Å². The maximum atomic E-state index is 11.9. The number of hydrogen-bond donors (Lipinski definition) is 6. The highest BCUT2D eigenvalue weighted by Gasteiger charge is 2.07. The monoisotopic (exact) mass is 369 g/mol. The summed E-state index contributed by atoms with van der Waals surface area (Å²) in [7, 11) is 0. The van der Waals surface area contributed by atoms with Gasteiger partial charge in [-0.3, -0.25) is 20.0 Å². The summed E-state index contributed by atoms with van der Waals surface area (Å²) in [5.41, 5.74) is 17.8. The van der Waals surface area contributed by atoms with Gasteiger partial charge in [-0.1, -0.05) is 0 Å². The van der Waals surface area contributed by atoms with Crippen LogP contribution in [0.2, 0.25) is 0 Å². The standard InChI is InChI=1S/C16H19N9O2/c17-5-6-21-25-14(26)9-1-3-10(4-2-9)19-7-11-8-20-13-12(22-11)15(27)24-16(18)23-13/h1-4,8,19,21H,5-7,17H2,(H,25,26)(H3,18,20,23,24,27). The third kappa shape index (κ3) is 4.54. The van der Waals surface area contributed by atoms with E-state index in [2.05, 4.69) is 36.1 Å². The van der Waals surface area contributed by atoms with Gasteiger partial charge >= 0.3 is 0 Å². The molecule has 2 aromatic heterocycles. The summed E-state index contributed by atoms with van der Waals surface area (Å²) in [5, 5.41) is 3.15. The minimum absolute atomic E-state index is 0.00460. The van der Waals surface area contributed by atoms with E-state index in [0.29, 0.717) is 30.9 Å². The molecule has 0 spiro atoms. The molecule has 140 valence electrons. The number of aromatic amines is 1. The Morgan fingerprint density at radius 3 is 2.70 bits per heavy atom. The summed E-state index contributed by atoms with van der Waals surface area (Å²) in [4.78, 5) is 38.4. The number of fused-ring (bicyclic) bond motifs is 1. The van der Waals surface area contributed by atoms with Crippen molar-refractivity contribution in [1.29, 1.82) is 0 Å². The number of nitrogens with zero attached hydrogens (tertiary/aromatic N) is 3. The van der Waals surface area contributed by atoms with Crippen LogP contribution >= 0.6 is 0 Å². The zero-order valence-corrected chi connectivity index (χ0v) is 14.3. The molecule has 11 nitrogen and oxygen atoms in total. The fourth-order valence-electron chi connectivity index (χ4n) is 2.28. The number of H-pyrrole nitrogens is 1. The van der Waals surface area contributed by atoms with Crippen LogP contribution in [-0.4, -0.2) is 38.9 Å². The van der Waals surface area contributed by atoms with Crippen molar-refractivity contribution in [2.45, 2.75) is 6.54 Å². The van der Waals surface area contributed by atoms with Crippen molar-refractivity contribution >= 4 is 28.7 Å². The van der Waals surface area contributed by atoms with E-state index >= 15 is 0 Å². The van der Waals surface area contributed by atoms with Gasteiger partial charge in [0.1, 0.15) is 0 Å². The maximum absolute atomic E-state index is 11.9. The predicted molar refractivity (Wildman–Crippen MR) is 101 cm³/mol. The molecule has 27 heavy (non-hydrogen) atoms. The first-order valence-electron chi connectivity index (χ1n) is 8.15. The molecule has 0 radical (unpaired) electrons. The average Bonchev–Trinajstić information content (AvgIpc) is 2.67. The van der Waals surface area contributed by atoms with E-state index in [0.717, 1.165) is 5.69 Å². The lowest BCUT2D eigenvalue weighted by atomic mass is 10.2. The molecule has 0 aliphatic heterocycles. The second-order valence-corrected chi connectivity index (χ2v) is 5.59. The van der Waals surface area contributed by atoms with Gasteiger partial charge in [-0.05, 0) is 24.3 Å². The van der Waals surface area contributed by atoms with E-state index < -0.39 is 5.56 Å². The van der Waals surface area contributed by atoms with Crippen LogP contribution in [0.1, 0.15) is 16.1 Å². The van der Waals surface area contributed by atoms with Crippen molar-refractivity contribution in [1.82, 2.24) is 30.8 Å². The number of carbonyl (C=O) groups is 1. The lowest BCUT2D eigenvalue weighted by molar-refractivity contribution is 0.0934. The lowest BCUT2D eigenvalue weighted by Gasteiger charge is -2.08. The highest BCUT2D eigenvalue weighted by Crippen LogP contribution is 2.11. The molecule has 11 heteroatoms. The number of nitrogens with one attached hydrogen (secondary N) is 4. The Kier molecular flexibility index (Phi) is 5.54. The number of aromatic nitrogens is 4. The number of rotatable bonds is 7. The molecule has 0 unspecified atom stereocenters. The van der Waals surface area contributed by atoms with Gasteiger partial charge < -0.3 is 16.8 Å². The van der Waals surface area contributed by atoms with Crippen LogP contribution in [0.3, 0.4) is 0 Å². The Bertz CT molecular complexity index is 1000. The Labute approximate surface area is 153 Å². The molecule has 0 aliphatic carbocycles. The van der Waals surface area contributed by atoms with E-state index in [4.69, 9.17) is 11.5 Å². The molecule has 0 saturated heterocycles. The molecule has 0 atom stereocenters. The van der Waals surface area contributed by atoms with E-state index in [1.807, 2.05) is 0 Å². The summed E-state index contributed by atoms with van der Waals surface area (Å²) in [6.07, 6.45) is 1.52. The van der Waals surface area contributed by atoms with Crippen LogP contribution in [0.4, 0.5) is 11.6 Å². The van der Waals surface area contributed by atoms with Crippen molar-refractivity contribution in [2.24, 2.45) is 5.73 Å². The van der Waals surface area contributed by atoms with Crippen LogP contribution in [0.5, 0.6) is 0 Å². The maximum Gasteiger partial charge on any atom is 0.280 e. The van der Waals surface area contributed by atoms with Crippen molar-refractivity contribution in [2.75, 3.05) is 24.1 Å². The average molecular weight is 369 g/mol. The van der Waals surface area contributed by atoms with Gasteiger partial charge in [0.15, 0.2) is 11.2 Å². The van der Waals surface area contributed by atoms with Gasteiger partial charge in [0.05, 0.1) is 18.4 Å². The summed E-state index contributed by atoms with van der Waals surface area (Å²) in [6.45, 7) is 1.26. The topological polar surface area (TPSA) is 177 Å². The Morgan fingerprint density at radius 1 is 1.19 bits per heavy atom. The van der Waals surface area contributed by atoms with Crippen molar-refractivity contribution in [3.63, 3.8) is 0 Å². The number of amides is 1. The van der Waals surface area contributed by atoms with Crippen LogP contribution in [0.15, 0.2) is 35.3 Å². The highest BCUT2D eigenvalue weighted by atomic mass is 16.2. The number of hydrazine groups is 1. The Hall–Kier alpha value is -3.57. The molecule has 2 heterocycles. The van der Waals surface area contributed by atoms with Crippen molar-refractivity contribution in [3.8, 4) is 0 Å². The molecule has 1 amide bonds. The fourth-order valence-corrected chi connectivity index (χ4v) is 2.28. The number of hydrogen-bond acceptors (Lipinski definition) is 9. The van der Waals surface area contributed by atoms with Crippen LogP contribution in [-0.2, 0) is 6.54 Å². The number of anilines is 2. The summed E-state index contributed by atoms with van der Waals surface area (Å²) in [5.74, 6) is -0.253. The van der Waals surface area contributed by atoms with Crippen molar-refractivity contribution < 1.29 is 4.79 Å². The summed E-state index contributed by atoms with van der Waals surface area (Å²) in [6, 6.07) is 6.90. The van der Waals surface area contributed by atoms with Gasteiger partial charge in [0, 0.05) is 24.3 Å². The molecule has 1 aromatic carbocycles. The minimum Gasteiger partial charge on any atom is -0.379 e. The number of carbonyl (C=O) groups excluding carboxylic acids is 1. The smallest absolute Gasteiger partial charge is 0.280 e. The molecule has 0 aliphatic rings. The van der Waals surface area contributed by atoms with Gasteiger partial charge in [-0.15, -0.1) is 0 Å². The van der Waals surface area contributed by atoms with Gasteiger partial charge in [-0.25, -0.2) is 15.4 Å². The molecule has 0 saturated carbocycles. The first kappa shape index (κ1) is 18.2. The highest BCUT2D eigenvalue weighted by molar-refractivity contribution is 5.94. The molecule has 3 rings (SSSR count). The van der Waals surface area contributed by atoms with E-state index in [9.17, 15) is 9.59 Å². The molecule has 0 bridgehead atoms. The molecular formula is C16H19N9O2. The third-order valence-electron chi connectivity index (χ3n) is 3.58. The summed E-state index contributed by atoms with van der Waals surface area (Å²) >= 11 is 0. The molecule has 0 fully saturated rings. The second kappa shape index (κ2) is 8.21. The molecule has 8 N–H and O–H groups in total. The number of benzene rings is 1. The fraction of sp³-hybridized carbons (Fsp3) is 0.188. The lowest BCUT2D eigenvalue weighted by Crippen LogP contribution is -2.40. The first-order valence-corrected chi connectivity index (χ1v) is 8.15. The quantitative estimate of drug-likeness (QED) is 0.227. The van der Waals surface area contributed by atoms with Gasteiger partial charge in [0.25, 0.3) is 11.5 Å². The normalized spacial score (nSPS) is 10.7. The van der Waals surface area contributed by atoms with Crippen LogP contribution < -0.4 is 33.2 Å². The Morgan fingerprint density at radius 2 is 1.96 bits per heavy atom. The molecular weight excluding hydrogens is 350 g/mol. The van der Waals surface area contributed by atoms with Crippen molar-refractivity contribution in [3.05, 3.63) is 52.1 Å². The van der Waals surface area contributed by atoms with Crippen LogP contribution in [0.25, 0.3) is 11.2 Å². The first-order chi connectivity index (χ1) is 13.1. The van der Waals surface area contributed by atoms with Crippen LogP contribution in [0, 0.1) is 0 Å². The Balaban J connectivity index is 1.64. The largest absolute Gasteiger partial charge is 0.379 e. The number of nitrogens with two attached hydrogens (primary N) is 2.